The van der Waals surface area contributed by atoms with Gasteiger partial charge in [-0.1, -0.05) is 48.5 Å². The van der Waals surface area contributed by atoms with Crippen LogP contribution in [0.15, 0.2) is 88.1 Å². The molecular formula is C25H22N2O6. The fourth-order valence-electron chi connectivity index (χ4n) is 3.48. The molecule has 2 unspecified atom stereocenters. The van der Waals surface area contributed by atoms with Crippen LogP contribution < -0.4 is 15.8 Å². The number of hydrogen-bond donors (Lipinski definition) is 1. The third-order valence-corrected chi connectivity index (χ3v) is 5.16. The molecule has 1 amide bonds. The number of methoxy groups -OCH3 is 1. The van der Waals surface area contributed by atoms with E-state index in [0.29, 0.717) is 28.1 Å². The number of rotatable bonds is 7. The van der Waals surface area contributed by atoms with Crippen LogP contribution in [-0.2, 0) is 14.3 Å². The summed E-state index contributed by atoms with van der Waals surface area (Å²) in [5.74, 6) is -1.41. The molecule has 0 saturated carbocycles. The zero-order valence-electron chi connectivity index (χ0n) is 18.1. The zero-order valence-corrected chi connectivity index (χ0v) is 18.1. The molecule has 1 aromatic heterocycles. The maximum Gasteiger partial charge on any atom is 0.420 e. The van der Waals surface area contributed by atoms with Crippen molar-refractivity contribution < 1.29 is 23.5 Å². The van der Waals surface area contributed by atoms with Crippen LogP contribution in [0.4, 0.5) is 5.69 Å². The van der Waals surface area contributed by atoms with Gasteiger partial charge in [0.1, 0.15) is 11.8 Å². The van der Waals surface area contributed by atoms with Crippen LogP contribution in [0.3, 0.4) is 0 Å². The predicted molar refractivity (Wildman–Crippen MR) is 122 cm³/mol. The normalized spacial score (nSPS) is 12.7. The molecular weight excluding hydrogens is 424 g/mol. The number of ether oxygens (including phenoxy) is 2. The number of hydrogen-bond acceptors (Lipinski definition) is 6. The largest absolute Gasteiger partial charge is 0.497 e. The van der Waals surface area contributed by atoms with Crippen LogP contribution in [0, 0.1) is 0 Å². The van der Waals surface area contributed by atoms with Crippen LogP contribution in [0.25, 0.3) is 11.1 Å². The number of nitrogens with one attached hydrogen (secondary N) is 1. The number of para-hydroxylation sites is 2. The lowest BCUT2D eigenvalue weighted by Crippen LogP contribution is -2.31. The molecule has 168 valence electrons. The molecule has 33 heavy (non-hydrogen) atoms. The third-order valence-electron chi connectivity index (χ3n) is 5.16. The smallest absolute Gasteiger partial charge is 0.420 e. The molecule has 1 heterocycles. The van der Waals surface area contributed by atoms with Gasteiger partial charge in [0.15, 0.2) is 5.58 Å². The number of nitrogens with zero attached hydrogens (tertiary/aromatic N) is 1. The quantitative estimate of drug-likeness (QED) is 0.429. The molecule has 8 nitrogen and oxygen atoms in total. The molecule has 4 aromatic rings. The first kappa shape index (κ1) is 21.9. The van der Waals surface area contributed by atoms with E-state index in [4.69, 9.17) is 13.9 Å². The van der Waals surface area contributed by atoms with Crippen LogP contribution in [0.2, 0.25) is 0 Å². The molecule has 0 fully saturated rings. The summed E-state index contributed by atoms with van der Waals surface area (Å²) < 4.78 is 17.2. The van der Waals surface area contributed by atoms with E-state index in [2.05, 4.69) is 5.32 Å². The van der Waals surface area contributed by atoms with Crippen LogP contribution in [-0.4, -0.2) is 23.6 Å². The first-order valence-electron chi connectivity index (χ1n) is 10.3. The summed E-state index contributed by atoms with van der Waals surface area (Å²) in [7, 11) is 1.53. The van der Waals surface area contributed by atoms with Crippen molar-refractivity contribution in [3.8, 4) is 5.75 Å². The van der Waals surface area contributed by atoms with E-state index >= 15 is 0 Å². The molecule has 3 aromatic carbocycles. The number of aromatic nitrogens is 1. The minimum absolute atomic E-state index is 0.359. The Balaban J connectivity index is 1.61. The van der Waals surface area contributed by atoms with Gasteiger partial charge in [-0.05, 0) is 31.2 Å². The van der Waals surface area contributed by atoms with Gasteiger partial charge in [-0.25, -0.2) is 9.59 Å². The highest BCUT2D eigenvalue weighted by Crippen LogP contribution is 2.25. The number of esters is 1. The lowest BCUT2D eigenvalue weighted by molar-refractivity contribution is -0.157. The summed E-state index contributed by atoms with van der Waals surface area (Å²) in [5, 5.41) is 2.75. The number of carbonyl (C=O) groups is 2. The van der Waals surface area contributed by atoms with Crippen molar-refractivity contribution >= 4 is 28.7 Å². The number of oxazole rings is 1. The summed E-state index contributed by atoms with van der Waals surface area (Å²) in [4.78, 5) is 38.5. The number of benzene rings is 3. The second kappa shape index (κ2) is 9.44. The Labute approximate surface area is 189 Å². The Morgan fingerprint density at radius 2 is 1.70 bits per heavy atom. The Morgan fingerprint density at radius 3 is 2.45 bits per heavy atom. The van der Waals surface area contributed by atoms with Crippen LogP contribution in [0.5, 0.6) is 5.75 Å². The zero-order chi connectivity index (χ0) is 23.4. The Bertz CT molecular complexity index is 1340. The predicted octanol–water partition coefficient (Wildman–Crippen LogP) is 4.09. The fraction of sp³-hybridized carbons (Fsp3) is 0.160. The van der Waals surface area contributed by atoms with Crippen molar-refractivity contribution in [2.45, 2.75) is 19.1 Å². The number of fused-ring (bicyclic) bond motifs is 1. The SMILES string of the molecule is COc1cccc(NC(=O)C(OC(=O)C(C)n2c(=O)oc3ccccc32)c2ccccc2)c1. The molecule has 0 aliphatic carbocycles. The topological polar surface area (TPSA) is 99.8 Å². The van der Waals surface area contributed by atoms with Gasteiger partial charge in [0.05, 0.1) is 12.6 Å². The molecule has 0 aliphatic rings. The lowest BCUT2D eigenvalue weighted by Gasteiger charge is -2.20. The van der Waals surface area contributed by atoms with Crippen molar-refractivity contribution in [3.63, 3.8) is 0 Å². The molecule has 2 atom stereocenters. The van der Waals surface area contributed by atoms with Crippen LogP contribution in [0.1, 0.15) is 24.6 Å². The van der Waals surface area contributed by atoms with E-state index in [1.54, 1.807) is 78.9 Å². The van der Waals surface area contributed by atoms with E-state index in [1.165, 1.54) is 18.6 Å². The Hall–Kier alpha value is -4.33. The second-order valence-electron chi connectivity index (χ2n) is 7.33. The Kier molecular flexibility index (Phi) is 6.26. The van der Waals surface area contributed by atoms with Gasteiger partial charge in [-0.15, -0.1) is 0 Å². The van der Waals surface area contributed by atoms with Gasteiger partial charge in [-0.3, -0.25) is 9.36 Å². The highest BCUT2D eigenvalue weighted by Gasteiger charge is 2.30. The molecule has 0 radical (unpaired) electrons. The van der Waals surface area contributed by atoms with Gasteiger partial charge >= 0.3 is 11.7 Å². The standard InChI is InChI=1S/C25H22N2O6/c1-16(27-20-13-6-7-14-21(20)32-25(27)30)24(29)33-22(17-9-4-3-5-10-17)23(28)26-18-11-8-12-19(15-18)31-2/h3-16,22H,1-2H3,(H,26,28). The summed E-state index contributed by atoms with van der Waals surface area (Å²) in [6.07, 6.45) is -1.23. The Morgan fingerprint density at radius 1 is 0.970 bits per heavy atom. The monoisotopic (exact) mass is 446 g/mol. The minimum atomic E-state index is -1.23. The van der Waals surface area contributed by atoms with Crippen molar-refractivity contribution in [3.05, 3.63) is 95.0 Å². The average molecular weight is 446 g/mol. The third kappa shape index (κ3) is 4.64. The molecule has 4 rings (SSSR count). The first-order valence-corrected chi connectivity index (χ1v) is 10.3. The van der Waals surface area contributed by atoms with E-state index in [1.807, 2.05) is 0 Å². The summed E-state index contributed by atoms with van der Waals surface area (Å²) in [6.45, 7) is 1.52. The average Bonchev–Trinajstić information content (AvgIpc) is 3.18. The molecule has 1 N–H and O–H groups in total. The number of amides is 1. The fourth-order valence-corrected chi connectivity index (χ4v) is 3.48. The van der Waals surface area contributed by atoms with E-state index < -0.39 is 29.8 Å². The van der Waals surface area contributed by atoms with Crippen molar-refractivity contribution in [1.82, 2.24) is 4.57 Å². The minimum Gasteiger partial charge on any atom is -0.497 e. The van der Waals surface area contributed by atoms with Gasteiger partial charge in [0.2, 0.25) is 6.10 Å². The van der Waals surface area contributed by atoms with E-state index in [0.717, 1.165) is 0 Å². The summed E-state index contributed by atoms with van der Waals surface area (Å²) >= 11 is 0. The number of carbonyl (C=O) groups excluding carboxylic acids is 2. The first-order chi connectivity index (χ1) is 16.0. The van der Waals surface area contributed by atoms with Gasteiger partial charge in [0, 0.05) is 17.3 Å². The molecule has 0 spiro atoms. The molecule has 0 saturated heterocycles. The van der Waals surface area contributed by atoms with E-state index in [9.17, 15) is 14.4 Å². The molecule has 0 bridgehead atoms. The van der Waals surface area contributed by atoms with Crippen molar-refractivity contribution in [2.24, 2.45) is 0 Å². The lowest BCUT2D eigenvalue weighted by atomic mass is 10.1. The van der Waals surface area contributed by atoms with Crippen molar-refractivity contribution in [2.75, 3.05) is 12.4 Å². The summed E-state index contributed by atoms with van der Waals surface area (Å²) in [6, 6.07) is 21.3. The maximum atomic E-state index is 13.1. The highest BCUT2D eigenvalue weighted by atomic mass is 16.6. The van der Waals surface area contributed by atoms with Gasteiger partial charge in [0.25, 0.3) is 5.91 Å². The van der Waals surface area contributed by atoms with Gasteiger partial charge < -0.3 is 19.2 Å². The number of anilines is 1. The van der Waals surface area contributed by atoms with Crippen molar-refractivity contribution in [1.29, 1.82) is 0 Å². The van der Waals surface area contributed by atoms with Crippen LogP contribution >= 0.6 is 0 Å². The van der Waals surface area contributed by atoms with E-state index in [-0.39, 0.29) is 0 Å². The summed E-state index contributed by atoms with van der Waals surface area (Å²) in [5.41, 5.74) is 1.80. The van der Waals surface area contributed by atoms with Gasteiger partial charge in [-0.2, -0.15) is 0 Å². The highest BCUT2D eigenvalue weighted by molar-refractivity contribution is 5.96. The molecule has 0 aliphatic heterocycles. The maximum absolute atomic E-state index is 13.1. The second-order valence-corrected chi connectivity index (χ2v) is 7.33. The molecule has 8 heteroatoms.